The predicted octanol–water partition coefficient (Wildman–Crippen LogP) is 3.10. The molecule has 2 aromatic rings. The number of hydrogen-bond acceptors (Lipinski definition) is 6. The lowest BCUT2D eigenvalue weighted by Crippen LogP contribution is -2.45. The third-order valence-corrected chi connectivity index (χ3v) is 6.08. The summed E-state index contributed by atoms with van der Waals surface area (Å²) in [6.45, 7) is 3.63. The minimum Gasteiger partial charge on any atom is -0.494 e. The molecule has 2 heterocycles. The third kappa shape index (κ3) is 5.76. The average Bonchev–Trinajstić information content (AvgIpc) is 3.21. The van der Waals surface area contributed by atoms with Gasteiger partial charge < -0.3 is 19.7 Å². The molecule has 0 spiro atoms. The summed E-state index contributed by atoms with van der Waals surface area (Å²) in [4.78, 5) is 32.8. The highest BCUT2D eigenvalue weighted by Gasteiger charge is 2.32. The molecule has 0 atom stereocenters. The summed E-state index contributed by atoms with van der Waals surface area (Å²) < 4.78 is 11.4. The van der Waals surface area contributed by atoms with Crippen molar-refractivity contribution < 1.29 is 19.1 Å². The Morgan fingerprint density at radius 3 is 2.56 bits per heavy atom. The van der Waals surface area contributed by atoms with Crippen LogP contribution in [0.5, 0.6) is 11.6 Å². The number of pyridine rings is 1. The van der Waals surface area contributed by atoms with Gasteiger partial charge in [0, 0.05) is 37.1 Å². The molecular weight excluding hydrogens is 434 g/mol. The van der Waals surface area contributed by atoms with Crippen molar-refractivity contribution in [3.05, 3.63) is 48.2 Å². The van der Waals surface area contributed by atoms with Crippen molar-refractivity contribution in [2.24, 2.45) is 0 Å². The molecule has 2 fully saturated rings. The Morgan fingerprint density at radius 1 is 1.15 bits per heavy atom. The molecule has 0 unspecified atom stereocenters. The van der Waals surface area contributed by atoms with E-state index in [9.17, 15) is 9.59 Å². The second-order valence-corrected chi connectivity index (χ2v) is 8.44. The van der Waals surface area contributed by atoms with Gasteiger partial charge in [0.05, 0.1) is 12.2 Å². The summed E-state index contributed by atoms with van der Waals surface area (Å²) in [6, 6.07) is 12.8. The smallest absolute Gasteiger partial charge is 0.325 e. The Kier molecular flexibility index (Phi) is 7.48. The molecular formula is C25H29N5O4. The number of nitrogens with zero attached hydrogens (tertiary/aromatic N) is 4. The molecule has 34 heavy (non-hydrogen) atoms. The fourth-order valence-electron chi connectivity index (χ4n) is 4.32. The zero-order valence-electron chi connectivity index (χ0n) is 19.3. The Bertz CT molecular complexity index is 1030. The lowest BCUT2D eigenvalue weighted by molar-refractivity contribution is -0.122. The molecule has 0 bridgehead atoms. The number of ether oxygens (including phenoxy) is 2. The van der Waals surface area contributed by atoms with Gasteiger partial charge in [-0.15, -0.1) is 0 Å². The van der Waals surface area contributed by atoms with Gasteiger partial charge in [0.1, 0.15) is 24.5 Å². The van der Waals surface area contributed by atoms with Gasteiger partial charge in [0.25, 0.3) is 0 Å². The Labute approximate surface area is 199 Å². The van der Waals surface area contributed by atoms with Crippen molar-refractivity contribution in [2.75, 3.05) is 31.1 Å². The molecule has 9 heteroatoms. The summed E-state index contributed by atoms with van der Waals surface area (Å²) in [6.07, 6.45) is 4.76. The van der Waals surface area contributed by atoms with Gasteiger partial charge in [-0.25, -0.2) is 9.78 Å². The van der Waals surface area contributed by atoms with Gasteiger partial charge >= 0.3 is 6.03 Å². The molecule has 1 aromatic carbocycles. The lowest BCUT2D eigenvalue weighted by Gasteiger charge is -2.29. The Hall–Kier alpha value is -3.80. The maximum atomic E-state index is 12.8. The van der Waals surface area contributed by atoms with E-state index in [1.165, 1.54) is 6.20 Å². The normalized spacial score (nSPS) is 20.1. The molecule has 1 aliphatic carbocycles. The van der Waals surface area contributed by atoms with Crippen molar-refractivity contribution in [2.45, 2.75) is 44.8 Å². The maximum absolute atomic E-state index is 12.8. The van der Waals surface area contributed by atoms with Crippen LogP contribution in [0.25, 0.3) is 0 Å². The van der Waals surface area contributed by atoms with E-state index < -0.39 is 0 Å². The van der Waals surface area contributed by atoms with Crippen LogP contribution >= 0.6 is 0 Å². The molecule has 1 saturated carbocycles. The first-order valence-corrected chi connectivity index (χ1v) is 11.7. The summed E-state index contributed by atoms with van der Waals surface area (Å²) in [7, 11) is 0. The first-order valence-electron chi connectivity index (χ1n) is 11.7. The molecule has 9 nitrogen and oxygen atoms in total. The van der Waals surface area contributed by atoms with E-state index in [1.54, 1.807) is 21.9 Å². The minimum atomic E-state index is -0.161. The molecule has 1 aliphatic heterocycles. The van der Waals surface area contributed by atoms with Crippen molar-refractivity contribution in [3.63, 3.8) is 0 Å². The number of amides is 3. The van der Waals surface area contributed by atoms with Crippen molar-refractivity contribution >= 4 is 17.6 Å². The summed E-state index contributed by atoms with van der Waals surface area (Å²) in [5.74, 6) is 1.14. The van der Waals surface area contributed by atoms with Crippen LogP contribution in [0.15, 0.2) is 42.6 Å². The number of anilines is 1. The first-order chi connectivity index (χ1) is 16.6. The number of aromatic nitrogens is 1. The van der Waals surface area contributed by atoms with E-state index in [4.69, 9.17) is 14.7 Å². The van der Waals surface area contributed by atoms with E-state index in [1.807, 2.05) is 37.3 Å². The van der Waals surface area contributed by atoms with Crippen LogP contribution < -0.4 is 19.7 Å². The number of rotatable bonds is 8. The van der Waals surface area contributed by atoms with E-state index >= 15 is 0 Å². The van der Waals surface area contributed by atoms with Crippen LogP contribution in [0.2, 0.25) is 0 Å². The van der Waals surface area contributed by atoms with E-state index in [0.29, 0.717) is 31.1 Å². The van der Waals surface area contributed by atoms with Gasteiger partial charge in [-0.2, -0.15) is 5.26 Å². The summed E-state index contributed by atoms with van der Waals surface area (Å²) in [5.41, 5.74) is 1.30. The molecule has 1 saturated heterocycles. The molecule has 1 N–H and O–H groups in total. The summed E-state index contributed by atoms with van der Waals surface area (Å²) in [5, 5.41) is 11.9. The first kappa shape index (κ1) is 23.4. The van der Waals surface area contributed by atoms with Crippen molar-refractivity contribution in [1.29, 1.82) is 5.26 Å². The predicted molar refractivity (Wildman–Crippen MR) is 126 cm³/mol. The van der Waals surface area contributed by atoms with Crippen LogP contribution in [-0.4, -0.2) is 60.2 Å². The van der Waals surface area contributed by atoms with Crippen LogP contribution in [-0.2, 0) is 4.79 Å². The minimum absolute atomic E-state index is 0.0384. The van der Waals surface area contributed by atoms with Crippen LogP contribution in [0.1, 0.15) is 38.2 Å². The standard InChI is InChI=1S/C25H29N5O4/c1-2-33-21-10-6-20(7-11-21)30-14-13-29(25(30)32)17-23(31)28-19-4-8-22(9-5-19)34-24-12-3-18(15-26)16-27-24/h3,6-7,10-12,16,19,22H,2,4-5,8-9,13-14,17H2,1H3,(H,28,31). The van der Waals surface area contributed by atoms with Crippen molar-refractivity contribution in [1.82, 2.24) is 15.2 Å². The van der Waals surface area contributed by atoms with Crippen LogP contribution in [0, 0.1) is 11.3 Å². The monoisotopic (exact) mass is 463 g/mol. The maximum Gasteiger partial charge on any atom is 0.325 e. The van der Waals surface area contributed by atoms with E-state index in [2.05, 4.69) is 10.3 Å². The summed E-state index contributed by atoms with van der Waals surface area (Å²) >= 11 is 0. The fraction of sp³-hybridized carbons (Fsp3) is 0.440. The number of nitrogens with one attached hydrogen (secondary N) is 1. The number of carbonyl (C=O) groups excluding carboxylic acids is 2. The molecule has 3 amide bonds. The fourth-order valence-corrected chi connectivity index (χ4v) is 4.32. The molecule has 0 radical (unpaired) electrons. The molecule has 4 rings (SSSR count). The molecule has 178 valence electrons. The number of nitriles is 1. The van der Waals surface area contributed by atoms with Crippen LogP contribution in [0.3, 0.4) is 0 Å². The number of benzene rings is 1. The van der Waals surface area contributed by atoms with E-state index in [-0.39, 0.29) is 30.6 Å². The van der Waals surface area contributed by atoms with E-state index in [0.717, 1.165) is 37.1 Å². The number of urea groups is 1. The molecule has 2 aliphatic rings. The highest BCUT2D eigenvalue weighted by atomic mass is 16.5. The largest absolute Gasteiger partial charge is 0.494 e. The zero-order chi connectivity index (χ0) is 23.9. The molecule has 1 aromatic heterocycles. The van der Waals surface area contributed by atoms with Crippen molar-refractivity contribution in [3.8, 4) is 17.7 Å². The highest BCUT2D eigenvalue weighted by molar-refractivity contribution is 5.96. The van der Waals surface area contributed by atoms with Gasteiger partial charge in [-0.05, 0) is 62.9 Å². The lowest BCUT2D eigenvalue weighted by atomic mass is 9.93. The average molecular weight is 464 g/mol. The van der Waals surface area contributed by atoms with Gasteiger partial charge in [-0.3, -0.25) is 9.69 Å². The number of carbonyl (C=O) groups is 2. The highest BCUT2D eigenvalue weighted by Crippen LogP contribution is 2.25. The SMILES string of the molecule is CCOc1ccc(N2CCN(CC(=O)NC3CCC(Oc4ccc(C#N)cn4)CC3)C2=O)cc1. The zero-order valence-corrected chi connectivity index (χ0v) is 19.3. The Balaban J connectivity index is 1.20. The second-order valence-electron chi connectivity index (χ2n) is 8.44. The van der Waals surface area contributed by atoms with Gasteiger partial charge in [0.15, 0.2) is 0 Å². The van der Waals surface area contributed by atoms with Gasteiger partial charge in [0.2, 0.25) is 11.8 Å². The third-order valence-electron chi connectivity index (χ3n) is 6.08. The Morgan fingerprint density at radius 2 is 1.91 bits per heavy atom. The van der Waals surface area contributed by atoms with Gasteiger partial charge in [-0.1, -0.05) is 0 Å². The quantitative estimate of drug-likeness (QED) is 0.645. The van der Waals surface area contributed by atoms with Crippen LogP contribution in [0.4, 0.5) is 10.5 Å². The topological polar surface area (TPSA) is 108 Å². The number of hydrogen-bond donors (Lipinski definition) is 1. The second kappa shape index (κ2) is 10.9.